The Morgan fingerprint density at radius 2 is 2.20 bits per heavy atom. The van der Waals surface area contributed by atoms with Gasteiger partial charge in [0.1, 0.15) is 0 Å². The van der Waals surface area contributed by atoms with Crippen LogP contribution in [0, 0.1) is 0 Å². The summed E-state index contributed by atoms with van der Waals surface area (Å²) >= 11 is 1.78. The maximum absolute atomic E-state index is 5.82. The molecule has 0 amide bonds. The number of aromatic nitrogens is 2. The molecule has 20 heavy (non-hydrogen) atoms. The summed E-state index contributed by atoms with van der Waals surface area (Å²) in [6, 6.07) is 6.15. The molecule has 0 spiro atoms. The molecule has 0 saturated heterocycles. The van der Waals surface area contributed by atoms with E-state index in [9.17, 15) is 0 Å². The van der Waals surface area contributed by atoms with Crippen LogP contribution in [-0.4, -0.2) is 22.3 Å². The number of nitrogens with one attached hydrogen (secondary N) is 1. The predicted molar refractivity (Wildman–Crippen MR) is 77.7 cm³/mol. The molecule has 2 heterocycles. The van der Waals surface area contributed by atoms with Crippen LogP contribution in [0.3, 0.4) is 0 Å². The second kappa shape index (κ2) is 5.18. The summed E-state index contributed by atoms with van der Waals surface area (Å²) in [4.78, 5) is 3.59. The lowest BCUT2D eigenvalue weighted by Gasteiger charge is -2.18. The van der Waals surface area contributed by atoms with Gasteiger partial charge in [0, 0.05) is 17.0 Å². The van der Waals surface area contributed by atoms with Crippen LogP contribution in [0.4, 0.5) is 6.01 Å². The van der Waals surface area contributed by atoms with Crippen molar-refractivity contribution in [1.29, 1.82) is 0 Å². The molecule has 0 unspecified atom stereocenters. The van der Waals surface area contributed by atoms with Gasteiger partial charge in [0.25, 0.3) is 0 Å². The first-order chi connectivity index (χ1) is 9.88. The van der Waals surface area contributed by atoms with Crippen molar-refractivity contribution in [1.82, 2.24) is 15.5 Å². The minimum Gasteiger partial charge on any atom is -0.407 e. The Labute approximate surface area is 122 Å². The van der Waals surface area contributed by atoms with Crippen LogP contribution in [0.15, 0.2) is 21.9 Å². The van der Waals surface area contributed by atoms with Crippen LogP contribution in [0.25, 0.3) is 0 Å². The second-order valence-electron chi connectivity index (χ2n) is 5.57. The summed E-state index contributed by atoms with van der Waals surface area (Å²) in [7, 11) is 0. The van der Waals surface area contributed by atoms with Crippen molar-refractivity contribution in [3.63, 3.8) is 0 Å². The van der Waals surface area contributed by atoms with Gasteiger partial charge in [-0.3, -0.25) is 0 Å². The molecular formula is C14H18N4OS. The van der Waals surface area contributed by atoms with Crippen molar-refractivity contribution in [2.45, 2.75) is 50.9 Å². The van der Waals surface area contributed by atoms with Crippen LogP contribution in [-0.2, 0) is 13.1 Å². The molecule has 5 nitrogen and oxygen atoms in total. The molecule has 106 valence electrons. The van der Waals surface area contributed by atoms with Crippen LogP contribution in [0.2, 0.25) is 0 Å². The standard InChI is InChI=1S/C14H18N4OS/c1-2-12(20-7-1)9-18(11-5-6-11)14-17-16-13(19-14)8-15-10-3-4-10/h1-2,7,10-11,15H,3-6,8-9H2. The van der Waals surface area contributed by atoms with E-state index in [0.717, 1.165) is 6.54 Å². The Balaban J connectivity index is 1.45. The maximum Gasteiger partial charge on any atom is 0.318 e. The summed E-state index contributed by atoms with van der Waals surface area (Å²) in [5, 5.41) is 13.9. The lowest BCUT2D eigenvalue weighted by atomic mass is 10.4. The highest BCUT2D eigenvalue weighted by molar-refractivity contribution is 7.09. The fourth-order valence-electron chi connectivity index (χ4n) is 2.26. The lowest BCUT2D eigenvalue weighted by Crippen LogP contribution is -2.24. The first kappa shape index (κ1) is 12.3. The zero-order valence-corrected chi connectivity index (χ0v) is 12.1. The number of hydrogen-bond acceptors (Lipinski definition) is 6. The maximum atomic E-state index is 5.82. The number of thiophene rings is 1. The molecule has 2 aromatic rings. The zero-order chi connectivity index (χ0) is 13.4. The van der Waals surface area contributed by atoms with E-state index < -0.39 is 0 Å². The Hall–Kier alpha value is -1.40. The first-order valence-electron chi connectivity index (χ1n) is 7.23. The summed E-state index contributed by atoms with van der Waals surface area (Å²) in [6.45, 7) is 1.56. The van der Waals surface area contributed by atoms with Crippen molar-refractivity contribution < 1.29 is 4.42 Å². The van der Waals surface area contributed by atoms with Crippen LogP contribution < -0.4 is 10.2 Å². The van der Waals surface area contributed by atoms with E-state index in [4.69, 9.17) is 4.42 Å². The van der Waals surface area contributed by atoms with Crippen molar-refractivity contribution in [3.8, 4) is 0 Å². The van der Waals surface area contributed by atoms with E-state index in [2.05, 4.69) is 37.9 Å². The van der Waals surface area contributed by atoms with E-state index in [1.54, 1.807) is 11.3 Å². The SMILES string of the molecule is c1csc(CN(c2nnc(CNC3CC3)o2)C2CC2)c1. The fourth-order valence-corrected chi connectivity index (χ4v) is 2.96. The second-order valence-corrected chi connectivity index (χ2v) is 6.60. The normalized spacial score (nSPS) is 18.4. The smallest absolute Gasteiger partial charge is 0.318 e. The minimum atomic E-state index is 0.571. The van der Waals surface area contributed by atoms with Gasteiger partial charge in [-0.05, 0) is 37.1 Å². The number of anilines is 1. The van der Waals surface area contributed by atoms with Crippen molar-refractivity contribution >= 4 is 17.4 Å². The Morgan fingerprint density at radius 3 is 2.90 bits per heavy atom. The summed E-state index contributed by atoms with van der Waals surface area (Å²) in [6.07, 6.45) is 4.99. The van der Waals surface area contributed by atoms with E-state index in [1.165, 1.54) is 30.6 Å². The minimum absolute atomic E-state index is 0.571. The summed E-state index contributed by atoms with van der Waals surface area (Å²) in [5.41, 5.74) is 0. The van der Waals surface area contributed by atoms with Crippen molar-refractivity contribution in [3.05, 3.63) is 28.3 Å². The highest BCUT2D eigenvalue weighted by Gasteiger charge is 2.32. The zero-order valence-electron chi connectivity index (χ0n) is 11.3. The average Bonchev–Trinajstić information content (AvgIpc) is 3.37. The number of nitrogens with zero attached hydrogens (tertiary/aromatic N) is 3. The summed E-state index contributed by atoms with van der Waals surface area (Å²) in [5.74, 6) is 0.698. The van der Waals surface area contributed by atoms with Crippen LogP contribution in [0.1, 0.15) is 36.5 Å². The van der Waals surface area contributed by atoms with Gasteiger partial charge >= 0.3 is 6.01 Å². The molecule has 0 aromatic carbocycles. The van der Waals surface area contributed by atoms with Gasteiger partial charge in [0.15, 0.2) is 0 Å². The third kappa shape index (κ3) is 2.86. The molecule has 2 fully saturated rings. The third-order valence-electron chi connectivity index (χ3n) is 3.72. The van der Waals surface area contributed by atoms with Crippen LogP contribution in [0.5, 0.6) is 0 Å². The molecule has 1 N–H and O–H groups in total. The van der Waals surface area contributed by atoms with Crippen LogP contribution >= 0.6 is 11.3 Å². The predicted octanol–water partition coefficient (Wildman–Crippen LogP) is 2.55. The first-order valence-corrected chi connectivity index (χ1v) is 8.11. The molecule has 2 aliphatic rings. The van der Waals surface area contributed by atoms with Gasteiger partial charge < -0.3 is 14.6 Å². The summed E-state index contributed by atoms with van der Waals surface area (Å²) < 4.78 is 5.82. The topological polar surface area (TPSA) is 54.2 Å². The van der Waals surface area contributed by atoms with Gasteiger partial charge in [0.2, 0.25) is 5.89 Å². The molecule has 2 aliphatic carbocycles. The highest BCUT2D eigenvalue weighted by Crippen LogP contribution is 2.33. The quantitative estimate of drug-likeness (QED) is 0.849. The Morgan fingerprint density at radius 1 is 1.30 bits per heavy atom. The van der Waals surface area contributed by atoms with Crippen molar-refractivity contribution in [2.24, 2.45) is 0 Å². The lowest BCUT2D eigenvalue weighted by molar-refractivity contribution is 0.458. The molecule has 6 heteroatoms. The molecular weight excluding hydrogens is 272 g/mol. The van der Waals surface area contributed by atoms with Gasteiger partial charge in [-0.15, -0.1) is 16.4 Å². The average molecular weight is 290 g/mol. The largest absolute Gasteiger partial charge is 0.407 e. The van der Waals surface area contributed by atoms with Gasteiger partial charge in [0.05, 0.1) is 13.1 Å². The van der Waals surface area contributed by atoms with Gasteiger partial charge in [-0.1, -0.05) is 11.2 Å². The number of rotatable bonds is 7. The van der Waals surface area contributed by atoms with E-state index in [-0.39, 0.29) is 0 Å². The Kier molecular flexibility index (Phi) is 3.20. The molecule has 0 atom stereocenters. The highest BCUT2D eigenvalue weighted by atomic mass is 32.1. The molecule has 0 aliphatic heterocycles. The third-order valence-corrected chi connectivity index (χ3v) is 4.58. The Bertz CT molecular complexity index is 560. The molecule has 0 radical (unpaired) electrons. The monoisotopic (exact) mass is 290 g/mol. The molecule has 0 bridgehead atoms. The molecule has 2 saturated carbocycles. The fraction of sp³-hybridized carbons (Fsp3) is 0.571. The van der Waals surface area contributed by atoms with E-state index in [0.29, 0.717) is 30.5 Å². The molecule has 2 aromatic heterocycles. The number of hydrogen-bond donors (Lipinski definition) is 1. The van der Waals surface area contributed by atoms with Gasteiger partial charge in [-0.2, -0.15) is 0 Å². The van der Waals surface area contributed by atoms with E-state index >= 15 is 0 Å². The van der Waals surface area contributed by atoms with E-state index in [1.807, 2.05) is 0 Å². The molecule has 4 rings (SSSR count). The van der Waals surface area contributed by atoms with Crippen molar-refractivity contribution in [2.75, 3.05) is 4.90 Å². The van der Waals surface area contributed by atoms with Gasteiger partial charge in [-0.25, -0.2) is 0 Å².